The number of nitrogens with one attached hydrogen (secondary N) is 1. The molecule has 17 heavy (non-hydrogen) atoms. The fourth-order valence-electron chi connectivity index (χ4n) is 2.49. The number of nitrogens with zero attached hydrogens (tertiary/aromatic N) is 4. The Bertz CT molecular complexity index is 519. The van der Waals surface area contributed by atoms with E-state index in [0.29, 0.717) is 5.92 Å². The van der Waals surface area contributed by atoms with Crippen LogP contribution in [0.3, 0.4) is 0 Å². The van der Waals surface area contributed by atoms with Gasteiger partial charge in [0.1, 0.15) is 5.82 Å². The number of hydrogen-bond acceptors (Lipinski definition) is 3. The maximum Gasteiger partial charge on any atom is 0.184 e. The molecule has 5 nitrogen and oxygen atoms in total. The van der Waals surface area contributed by atoms with Crippen LogP contribution in [0.15, 0.2) is 6.20 Å². The summed E-state index contributed by atoms with van der Waals surface area (Å²) in [4.78, 5) is 4.62. The first kappa shape index (κ1) is 10.5. The van der Waals surface area contributed by atoms with Gasteiger partial charge in [-0.1, -0.05) is 12.8 Å². The topological polar surface area (TPSA) is 59.4 Å². The van der Waals surface area contributed by atoms with Crippen molar-refractivity contribution in [2.24, 2.45) is 7.05 Å². The Morgan fingerprint density at radius 2 is 2.12 bits per heavy atom. The van der Waals surface area contributed by atoms with Crippen LogP contribution in [0, 0.1) is 6.92 Å². The van der Waals surface area contributed by atoms with Crippen molar-refractivity contribution in [3.05, 3.63) is 17.7 Å². The molecule has 0 aliphatic heterocycles. The van der Waals surface area contributed by atoms with Crippen molar-refractivity contribution >= 4 is 0 Å². The highest BCUT2D eigenvalue weighted by atomic mass is 15.3. The van der Waals surface area contributed by atoms with E-state index in [1.54, 1.807) is 0 Å². The largest absolute Gasteiger partial charge is 0.272 e. The maximum atomic E-state index is 4.62. The summed E-state index contributed by atoms with van der Waals surface area (Å²) in [6.45, 7) is 2.04. The highest BCUT2D eigenvalue weighted by Gasteiger charge is 2.21. The number of aryl methyl sites for hydroxylation is 1. The average molecular weight is 231 g/mol. The Morgan fingerprint density at radius 1 is 1.35 bits per heavy atom. The average Bonchev–Trinajstić information content (AvgIpc) is 3.01. The van der Waals surface area contributed by atoms with Gasteiger partial charge in [-0.15, -0.1) is 0 Å². The van der Waals surface area contributed by atoms with Crippen LogP contribution in [-0.2, 0) is 7.05 Å². The first-order valence-electron chi connectivity index (χ1n) is 6.17. The van der Waals surface area contributed by atoms with Gasteiger partial charge < -0.3 is 0 Å². The fraction of sp³-hybridized carbons (Fsp3) is 0.583. The third-order valence-corrected chi connectivity index (χ3v) is 3.72. The second-order valence-corrected chi connectivity index (χ2v) is 4.79. The van der Waals surface area contributed by atoms with Crippen LogP contribution in [0.4, 0.5) is 0 Å². The van der Waals surface area contributed by atoms with Gasteiger partial charge in [-0.2, -0.15) is 10.2 Å². The molecule has 1 saturated carbocycles. The summed E-state index contributed by atoms with van der Waals surface area (Å²) >= 11 is 0. The Morgan fingerprint density at radius 3 is 2.76 bits per heavy atom. The van der Waals surface area contributed by atoms with E-state index in [1.807, 2.05) is 24.9 Å². The zero-order valence-electron chi connectivity index (χ0n) is 10.3. The molecule has 0 saturated heterocycles. The lowest BCUT2D eigenvalue weighted by molar-refractivity contribution is 0.672. The molecule has 0 unspecified atom stereocenters. The van der Waals surface area contributed by atoms with E-state index in [0.717, 1.165) is 22.9 Å². The van der Waals surface area contributed by atoms with Crippen molar-refractivity contribution in [1.29, 1.82) is 0 Å². The normalized spacial score (nSPS) is 16.8. The van der Waals surface area contributed by atoms with E-state index in [9.17, 15) is 0 Å². The van der Waals surface area contributed by atoms with Gasteiger partial charge >= 0.3 is 0 Å². The van der Waals surface area contributed by atoms with E-state index in [4.69, 9.17) is 0 Å². The van der Waals surface area contributed by atoms with Crippen molar-refractivity contribution in [2.75, 3.05) is 0 Å². The van der Waals surface area contributed by atoms with Gasteiger partial charge in [-0.05, 0) is 19.8 Å². The first-order valence-corrected chi connectivity index (χ1v) is 6.17. The summed E-state index contributed by atoms with van der Waals surface area (Å²) in [5, 5.41) is 11.6. The Kier molecular flexibility index (Phi) is 2.46. The number of rotatable bonds is 2. The van der Waals surface area contributed by atoms with Gasteiger partial charge in [0, 0.05) is 18.7 Å². The molecule has 0 aromatic carbocycles. The highest BCUT2D eigenvalue weighted by Crippen LogP contribution is 2.32. The second kappa shape index (κ2) is 3.98. The van der Waals surface area contributed by atoms with Gasteiger partial charge in [0.15, 0.2) is 5.82 Å². The molecule has 0 radical (unpaired) electrons. The molecule has 5 heteroatoms. The summed E-state index contributed by atoms with van der Waals surface area (Å²) in [5.41, 5.74) is 2.12. The summed E-state index contributed by atoms with van der Waals surface area (Å²) in [5.74, 6) is 2.39. The third-order valence-electron chi connectivity index (χ3n) is 3.72. The molecule has 2 aromatic heterocycles. The SMILES string of the molecule is Cc1c(-c2n[nH]c(C3CCCC3)n2)cnn1C. The molecule has 2 aromatic rings. The molecule has 0 spiro atoms. The third kappa shape index (κ3) is 1.75. The minimum atomic E-state index is 0.577. The van der Waals surface area contributed by atoms with Crippen molar-refractivity contribution in [3.63, 3.8) is 0 Å². The maximum absolute atomic E-state index is 4.62. The minimum Gasteiger partial charge on any atom is -0.272 e. The zero-order valence-corrected chi connectivity index (χ0v) is 10.3. The van der Waals surface area contributed by atoms with Crippen molar-refractivity contribution in [2.45, 2.75) is 38.5 Å². The quantitative estimate of drug-likeness (QED) is 0.861. The van der Waals surface area contributed by atoms with Crippen LogP contribution in [0.2, 0.25) is 0 Å². The van der Waals surface area contributed by atoms with Gasteiger partial charge in [0.2, 0.25) is 0 Å². The van der Waals surface area contributed by atoms with Crippen LogP contribution in [0.25, 0.3) is 11.4 Å². The smallest absolute Gasteiger partial charge is 0.184 e. The van der Waals surface area contributed by atoms with Crippen molar-refractivity contribution in [1.82, 2.24) is 25.0 Å². The van der Waals surface area contributed by atoms with Crippen LogP contribution < -0.4 is 0 Å². The van der Waals surface area contributed by atoms with Crippen molar-refractivity contribution in [3.8, 4) is 11.4 Å². The van der Waals surface area contributed by atoms with Crippen LogP contribution >= 0.6 is 0 Å². The van der Waals surface area contributed by atoms with E-state index < -0.39 is 0 Å². The molecule has 0 bridgehead atoms. The van der Waals surface area contributed by atoms with Crippen LogP contribution in [0.1, 0.15) is 43.1 Å². The first-order chi connectivity index (χ1) is 8.25. The molecule has 90 valence electrons. The zero-order chi connectivity index (χ0) is 11.8. The van der Waals surface area contributed by atoms with E-state index in [1.165, 1.54) is 25.7 Å². The lowest BCUT2D eigenvalue weighted by atomic mass is 10.1. The lowest BCUT2D eigenvalue weighted by Crippen LogP contribution is -1.95. The van der Waals surface area contributed by atoms with E-state index in [2.05, 4.69) is 20.3 Å². The molecule has 1 fully saturated rings. The summed E-state index contributed by atoms with van der Waals surface area (Å²) in [6, 6.07) is 0. The second-order valence-electron chi connectivity index (χ2n) is 4.79. The van der Waals surface area contributed by atoms with Gasteiger partial charge in [0.25, 0.3) is 0 Å². The Labute approximate surface area is 100 Å². The summed E-state index contributed by atoms with van der Waals surface area (Å²) in [6.07, 6.45) is 6.93. The van der Waals surface area contributed by atoms with Gasteiger partial charge in [-0.25, -0.2) is 4.98 Å². The molecule has 3 rings (SSSR count). The summed E-state index contributed by atoms with van der Waals surface area (Å²) in [7, 11) is 1.93. The predicted octanol–water partition coefficient (Wildman–Crippen LogP) is 2.17. The molecule has 2 heterocycles. The lowest BCUT2D eigenvalue weighted by Gasteiger charge is -2.01. The molecule has 1 aliphatic rings. The Hall–Kier alpha value is -1.65. The molecule has 0 atom stereocenters. The number of hydrogen-bond donors (Lipinski definition) is 1. The van der Waals surface area contributed by atoms with Crippen LogP contribution in [0.5, 0.6) is 0 Å². The molecule has 1 N–H and O–H groups in total. The number of H-pyrrole nitrogens is 1. The standard InChI is InChI=1S/C12H17N5/c1-8-10(7-13-17(8)2)12-14-11(15-16-12)9-5-3-4-6-9/h7,9H,3-6H2,1-2H3,(H,14,15,16). The molecular formula is C12H17N5. The van der Waals surface area contributed by atoms with E-state index >= 15 is 0 Å². The molecular weight excluding hydrogens is 214 g/mol. The van der Waals surface area contributed by atoms with Crippen molar-refractivity contribution < 1.29 is 0 Å². The monoisotopic (exact) mass is 231 g/mol. The van der Waals surface area contributed by atoms with Gasteiger partial charge in [-0.3, -0.25) is 9.78 Å². The van der Waals surface area contributed by atoms with Crippen LogP contribution in [-0.4, -0.2) is 25.0 Å². The minimum absolute atomic E-state index is 0.577. The fourth-order valence-corrected chi connectivity index (χ4v) is 2.49. The number of aromatic amines is 1. The molecule has 1 aliphatic carbocycles. The summed E-state index contributed by atoms with van der Waals surface area (Å²) < 4.78 is 1.85. The predicted molar refractivity (Wildman–Crippen MR) is 64.5 cm³/mol. The van der Waals surface area contributed by atoms with E-state index in [-0.39, 0.29) is 0 Å². The molecule has 0 amide bonds. The highest BCUT2D eigenvalue weighted by molar-refractivity contribution is 5.56. The Balaban J connectivity index is 1.91. The number of aromatic nitrogens is 5. The van der Waals surface area contributed by atoms with Gasteiger partial charge in [0.05, 0.1) is 11.8 Å².